The lowest BCUT2D eigenvalue weighted by atomic mass is 10.4. The number of hydrogen-bond acceptors (Lipinski definition) is 2. The van der Waals surface area contributed by atoms with Gasteiger partial charge in [-0.05, 0) is 0 Å². The molecule has 0 amide bonds. The Balaban J connectivity index is 0.000000148. The van der Waals surface area contributed by atoms with Crippen molar-refractivity contribution in [2.75, 3.05) is 13.2 Å². The van der Waals surface area contributed by atoms with Gasteiger partial charge in [0.15, 0.2) is 0 Å². The summed E-state index contributed by atoms with van der Waals surface area (Å²) >= 11 is 0. The molecule has 0 aromatic rings. The first-order valence-corrected chi connectivity index (χ1v) is 3.63. The predicted molar refractivity (Wildman–Crippen MR) is 37.3 cm³/mol. The van der Waals surface area contributed by atoms with Crippen molar-refractivity contribution in [3.63, 3.8) is 0 Å². The molecule has 0 spiro atoms. The molecule has 2 N–H and O–H groups in total. The molecule has 1 aliphatic carbocycles. The van der Waals surface area contributed by atoms with Gasteiger partial charge in [-0.3, -0.25) is 0 Å². The third-order valence-electron chi connectivity index (χ3n) is 1.35. The van der Waals surface area contributed by atoms with Crippen LogP contribution in [0.2, 0.25) is 0 Å². The van der Waals surface area contributed by atoms with Crippen molar-refractivity contribution >= 4 is 0 Å². The molecule has 2 heteroatoms. The predicted octanol–water partition coefficient (Wildman–Crippen LogP) is 0.921. The molecule has 0 saturated heterocycles. The summed E-state index contributed by atoms with van der Waals surface area (Å²) in [6, 6.07) is 0. The molecule has 2 nitrogen and oxygen atoms in total. The van der Waals surface area contributed by atoms with Gasteiger partial charge in [-0.2, -0.15) is 0 Å². The van der Waals surface area contributed by atoms with Crippen LogP contribution in [0.3, 0.4) is 0 Å². The van der Waals surface area contributed by atoms with Crippen LogP contribution in [-0.4, -0.2) is 23.4 Å². The molecule has 0 atom stereocenters. The van der Waals surface area contributed by atoms with Gasteiger partial charge in [-0.15, -0.1) is 0 Å². The van der Waals surface area contributed by atoms with Crippen LogP contribution in [0.25, 0.3) is 0 Å². The fourth-order valence-electron chi connectivity index (χ4n) is 0.884. The smallest absolute Gasteiger partial charge is 0.0662 e. The maximum Gasteiger partial charge on any atom is 0.0662 e. The summed E-state index contributed by atoms with van der Waals surface area (Å²) in [4.78, 5) is 0. The number of hydrogen-bond donors (Lipinski definition) is 2. The molecule has 56 valence electrons. The second-order valence-electron chi connectivity index (χ2n) is 2.21. The van der Waals surface area contributed by atoms with Crippen molar-refractivity contribution in [3.8, 4) is 0 Å². The van der Waals surface area contributed by atoms with Crippen LogP contribution in [0, 0.1) is 0 Å². The fourth-order valence-corrected chi connectivity index (χ4v) is 0.884. The summed E-state index contributed by atoms with van der Waals surface area (Å²) in [5.41, 5.74) is 0. The molecule has 0 bridgehead atoms. The second kappa shape index (κ2) is 7.92. The van der Waals surface area contributed by atoms with Crippen LogP contribution in [0.1, 0.15) is 32.1 Å². The quantitative estimate of drug-likeness (QED) is 0.557. The zero-order valence-corrected chi connectivity index (χ0v) is 5.84. The molecule has 9 heavy (non-hydrogen) atoms. The van der Waals surface area contributed by atoms with Crippen LogP contribution in [0.4, 0.5) is 0 Å². The highest BCUT2D eigenvalue weighted by Gasteiger charge is 1.95. The molecule has 1 saturated carbocycles. The van der Waals surface area contributed by atoms with E-state index in [9.17, 15) is 0 Å². The highest BCUT2D eigenvalue weighted by atomic mass is 16.3. The topological polar surface area (TPSA) is 40.5 Å². The lowest BCUT2D eigenvalue weighted by Crippen LogP contribution is -1.85. The van der Waals surface area contributed by atoms with Crippen LogP contribution in [-0.2, 0) is 0 Å². The van der Waals surface area contributed by atoms with E-state index in [2.05, 4.69) is 0 Å². The highest BCUT2D eigenvalue weighted by molar-refractivity contribution is 4.51. The number of aliphatic hydroxyl groups excluding tert-OH is 2. The maximum absolute atomic E-state index is 7.62. The highest BCUT2D eigenvalue weighted by Crippen LogP contribution is 2.15. The van der Waals surface area contributed by atoms with Gasteiger partial charge in [-0.1, -0.05) is 32.1 Å². The Bertz CT molecular complexity index is 32.6. The Kier molecular flexibility index (Phi) is 7.85. The average molecular weight is 132 g/mol. The summed E-state index contributed by atoms with van der Waals surface area (Å²) in [6.07, 6.45) is 7.50. The van der Waals surface area contributed by atoms with Crippen molar-refractivity contribution in [1.82, 2.24) is 0 Å². The lowest BCUT2D eigenvalue weighted by Gasteiger charge is -1.70. The first-order chi connectivity index (χ1) is 4.41. The van der Waals surface area contributed by atoms with Gasteiger partial charge in [0, 0.05) is 0 Å². The normalized spacial score (nSPS) is 16.7. The van der Waals surface area contributed by atoms with Crippen molar-refractivity contribution in [2.45, 2.75) is 32.1 Å². The van der Waals surface area contributed by atoms with E-state index in [-0.39, 0.29) is 13.2 Å². The molecule has 0 aromatic carbocycles. The van der Waals surface area contributed by atoms with Gasteiger partial charge in [0.1, 0.15) is 0 Å². The minimum atomic E-state index is -0.125. The van der Waals surface area contributed by atoms with Gasteiger partial charge in [0.05, 0.1) is 13.2 Å². The lowest BCUT2D eigenvalue weighted by molar-refractivity contribution is 0.186. The van der Waals surface area contributed by atoms with Gasteiger partial charge < -0.3 is 10.2 Å². The minimum absolute atomic E-state index is 0.125. The minimum Gasteiger partial charge on any atom is -0.394 e. The van der Waals surface area contributed by atoms with Crippen molar-refractivity contribution in [3.05, 3.63) is 0 Å². The summed E-state index contributed by atoms with van der Waals surface area (Å²) in [6.45, 7) is -0.250. The zero-order valence-electron chi connectivity index (χ0n) is 5.84. The van der Waals surface area contributed by atoms with E-state index in [0.29, 0.717) is 0 Å². The molecule has 0 unspecified atom stereocenters. The Hall–Kier alpha value is -0.0800. The van der Waals surface area contributed by atoms with E-state index >= 15 is 0 Å². The first kappa shape index (κ1) is 8.92. The van der Waals surface area contributed by atoms with Gasteiger partial charge in [0.25, 0.3) is 0 Å². The molecule has 0 aliphatic heterocycles. The monoisotopic (exact) mass is 132 g/mol. The number of rotatable bonds is 1. The van der Waals surface area contributed by atoms with E-state index < -0.39 is 0 Å². The van der Waals surface area contributed by atoms with E-state index in [1.54, 1.807) is 0 Å². The van der Waals surface area contributed by atoms with Crippen molar-refractivity contribution in [2.24, 2.45) is 0 Å². The van der Waals surface area contributed by atoms with Gasteiger partial charge >= 0.3 is 0 Å². The fraction of sp³-hybridized carbons (Fsp3) is 1.00. The number of aliphatic hydroxyl groups is 2. The second-order valence-corrected chi connectivity index (χ2v) is 2.21. The summed E-state index contributed by atoms with van der Waals surface area (Å²) < 4.78 is 0. The third-order valence-corrected chi connectivity index (χ3v) is 1.35. The molecule has 0 aromatic heterocycles. The summed E-state index contributed by atoms with van der Waals surface area (Å²) in [5.74, 6) is 0. The Morgan fingerprint density at radius 2 is 0.889 bits per heavy atom. The van der Waals surface area contributed by atoms with E-state index in [4.69, 9.17) is 10.2 Å². The SMILES string of the molecule is C1CCCC1.OCCO. The van der Waals surface area contributed by atoms with Crippen LogP contribution >= 0.6 is 0 Å². The molecular formula is C7H16O2. The summed E-state index contributed by atoms with van der Waals surface area (Å²) in [5, 5.41) is 15.2. The van der Waals surface area contributed by atoms with Gasteiger partial charge in [0.2, 0.25) is 0 Å². The van der Waals surface area contributed by atoms with Crippen molar-refractivity contribution < 1.29 is 10.2 Å². The van der Waals surface area contributed by atoms with E-state index in [1.807, 2.05) is 0 Å². The zero-order chi connectivity index (χ0) is 6.95. The van der Waals surface area contributed by atoms with E-state index in [0.717, 1.165) is 0 Å². The average Bonchev–Trinajstić information content (AvgIpc) is 2.43. The third kappa shape index (κ3) is 7.92. The van der Waals surface area contributed by atoms with Crippen LogP contribution < -0.4 is 0 Å². The molecule has 1 aliphatic rings. The summed E-state index contributed by atoms with van der Waals surface area (Å²) in [7, 11) is 0. The van der Waals surface area contributed by atoms with Crippen LogP contribution in [0.5, 0.6) is 0 Å². The maximum atomic E-state index is 7.62. The Labute approximate surface area is 56.5 Å². The standard InChI is InChI=1S/C5H10.C2H6O2/c1-2-4-5-3-1;3-1-2-4/h1-5H2;3-4H,1-2H2. The van der Waals surface area contributed by atoms with E-state index in [1.165, 1.54) is 32.1 Å². The van der Waals surface area contributed by atoms with Crippen LogP contribution in [0.15, 0.2) is 0 Å². The molecule has 0 radical (unpaired) electrons. The molecular weight excluding hydrogens is 116 g/mol. The van der Waals surface area contributed by atoms with Crippen molar-refractivity contribution in [1.29, 1.82) is 0 Å². The largest absolute Gasteiger partial charge is 0.394 e. The Morgan fingerprint density at radius 3 is 1.00 bits per heavy atom. The molecule has 0 heterocycles. The molecule has 1 fully saturated rings. The molecule has 1 rings (SSSR count). The van der Waals surface area contributed by atoms with Gasteiger partial charge in [-0.25, -0.2) is 0 Å². The Morgan fingerprint density at radius 1 is 0.667 bits per heavy atom. The first-order valence-electron chi connectivity index (χ1n) is 3.63.